The predicted molar refractivity (Wildman–Crippen MR) is 74.9 cm³/mol. The Morgan fingerprint density at radius 2 is 1.74 bits per heavy atom. The van der Waals surface area contributed by atoms with Gasteiger partial charge in [-0.05, 0) is 45.4 Å². The van der Waals surface area contributed by atoms with Crippen LogP contribution in [0.2, 0.25) is 0 Å². The minimum Gasteiger partial charge on any atom is -0.491 e. The van der Waals surface area contributed by atoms with Crippen LogP contribution in [-0.2, 0) is 9.53 Å². The molecule has 2 N–H and O–H groups in total. The summed E-state index contributed by atoms with van der Waals surface area (Å²) in [5.41, 5.74) is 6.27. The average molecular weight is 265 g/mol. The molecule has 4 nitrogen and oxygen atoms in total. The molecule has 4 heteroatoms. The van der Waals surface area contributed by atoms with E-state index >= 15 is 0 Å². The Kier molecular flexibility index (Phi) is 4.95. The van der Waals surface area contributed by atoms with E-state index in [2.05, 4.69) is 0 Å². The molecule has 0 spiro atoms. The lowest BCUT2D eigenvalue weighted by molar-refractivity contribution is -0.152. The fraction of sp³-hybridized carbons (Fsp3) is 0.533. The predicted octanol–water partition coefficient (Wildman–Crippen LogP) is 2.67. The molecule has 1 rings (SSSR count). The van der Waals surface area contributed by atoms with E-state index in [9.17, 15) is 4.79 Å². The van der Waals surface area contributed by atoms with Gasteiger partial charge in [0.1, 0.15) is 5.75 Å². The molecule has 0 saturated carbocycles. The van der Waals surface area contributed by atoms with E-state index in [1.807, 2.05) is 38.1 Å². The molecule has 19 heavy (non-hydrogen) atoms. The van der Waals surface area contributed by atoms with Gasteiger partial charge in [0.25, 0.3) is 0 Å². The van der Waals surface area contributed by atoms with E-state index in [1.54, 1.807) is 13.8 Å². The van der Waals surface area contributed by atoms with Crippen LogP contribution in [0.25, 0.3) is 0 Å². The van der Waals surface area contributed by atoms with E-state index in [0.29, 0.717) is 0 Å². The van der Waals surface area contributed by atoms with Crippen LogP contribution in [0.5, 0.6) is 5.75 Å². The van der Waals surface area contributed by atoms with Gasteiger partial charge in [0.15, 0.2) is 0 Å². The van der Waals surface area contributed by atoms with Crippen LogP contribution in [-0.4, -0.2) is 19.2 Å². The Balaban J connectivity index is 2.88. The number of ether oxygens (including phenoxy) is 2. The van der Waals surface area contributed by atoms with Gasteiger partial charge in [0.05, 0.1) is 18.6 Å². The van der Waals surface area contributed by atoms with Crippen molar-refractivity contribution in [2.45, 2.75) is 39.8 Å². The molecule has 0 aliphatic rings. The highest BCUT2D eigenvalue weighted by atomic mass is 16.5. The lowest BCUT2D eigenvalue weighted by atomic mass is 9.81. The van der Waals surface area contributed by atoms with Crippen LogP contribution < -0.4 is 10.5 Å². The van der Waals surface area contributed by atoms with Crippen molar-refractivity contribution in [2.24, 2.45) is 11.1 Å². The van der Waals surface area contributed by atoms with Crippen LogP contribution in [0.4, 0.5) is 0 Å². The van der Waals surface area contributed by atoms with Gasteiger partial charge in [0, 0.05) is 6.04 Å². The van der Waals surface area contributed by atoms with Gasteiger partial charge >= 0.3 is 5.97 Å². The molecule has 0 fully saturated rings. The Hall–Kier alpha value is -1.55. The van der Waals surface area contributed by atoms with Crippen molar-refractivity contribution in [3.63, 3.8) is 0 Å². The molecule has 1 atom stereocenters. The number of hydrogen-bond donors (Lipinski definition) is 1. The largest absolute Gasteiger partial charge is 0.491 e. The number of carbonyl (C=O) groups is 1. The summed E-state index contributed by atoms with van der Waals surface area (Å²) in [6.07, 6.45) is 0.131. The monoisotopic (exact) mass is 265 g/mol. The number of methoxy groups -OCH3 is 1. The first-order valence-corrected chi connectivity index (χ1v) is 6.39. The average Bonchev–Trinajstić information content (AvgIpc) is 2.37. The number of hydrogen-bond acceptors (Lipinski definition) is 4. The number of esters is 1. The summed E-state index contributed by atoms with van der Waals surface area (Å²) in [7, 11) is 1.37. The summed E-state index contributed by atoms with van der Waals surface area (Å²) >= 11 is 0. The number of rotatable bonds is 5. The van der Waals surface area contributed by atoms with Crippen LogP contribution >= 0.6 is 0 Å². The summed E-state index contributed by atoms with van der Waals surface area (Å²) in [5.74, 6) is 0.476. The lowest BCUT2D eigenvalue weighted by Crippen LogP contribution is -2.37. The molecule has 0 aromatic heterocycles. The van der Waals surface area contributed by atoms with E-state index < -0.39 is 11.5 Å². The van der Waals surface area contributed by atoms with Crippen LogP contribution in [0, 0.1) is 5.41 Å². The van der Waals surface area contributed by atoms with Gasteiger partial charge in [-0.3, -0.25) is 4.79 Å². The minimum atomic E-state index is -0.769. The molecule has 0 saturated heterocycles. The Labute approximate surface area is 114 Å². The van der Waals surface area contributed by atoms with Gasteiger partial charge < -0.3 is 15.2 Å². The summed E-state index contributed by atoms with van der Waals surface area (Å²) < 4.78 is 10.4. The second-order valence-corrected chi connectivity index (χ2v) is 5.43. The fourth-order valence-corrected chi connectivity index (χ4v) is 1.83. The van der Waals surface area contributed by atoms with Crippen molar-refractivity contribution in [1.82, 2.24) is 0 Å². The zero-order valence-electron chi connectivity index (χ0n) is 12.3. The molecule has 0 aliphatic heterocycles. The summed E-state index contributed by atoms with van der Waals surface area (Å²) in [6.45, 7) is 7.50. The molecular formula is C15H23NO3. The Morgan fingerprint density at radius 1 is 1.21 bits per heavy atom. The Bertz CT molecular complexity index is 424. The van der Waals surface area contributed by atoms with Crippen molar-refractivity contribution in [3.05, 3.63) is 29.8 Å². The SMILES string of the molecule is COC(=O)C(C)(C)[C@H](N)c1ccc(OC(C)C)cc1. The van der Waals surface area contributed by atoms with E-state index in [0.717, 1.165) is 11.3 Å². The van der Waals surface area contributed by atoms with Gasteiger partial charge in [-0.25, -0.2) is 0 Å². The standard InChI is InChI=1S/C15H23NO3/c1-10(2)19-12-8-6-11(7-9-12)13(16)15(3,4)14(17)18-5/h6-10,13H,16H2,1-5H3/t13-/m1/s1. The molecule has 0 amide bonds. The maximum absolute atomic E-state index is 11.7. The number of benzene rings is 1. The van der Waals surface area contributed by atoms with Crippen molar-refractivity contribution < 1.29 is 14.3 Å². The van der Waals surface area contributed by atoms with Crippen LogP contribution in [0.1, 0.15) is 39.3 Å². The smallest absolute Gasteiger partial charge is 0.313 e. The summed E-state index contributed by atoms with van der Waals surface area (Å²) in [5, 5.41) is 0. The normalized spacial score (nSPS) is 13.2. The summed E-state index contributed by atoms with van der Waals surface area (Å²) in [4.78, 5) is 11.7. The van der Waals surface area contributed by atoms with Crippen molar-refractivity contribution in [3.8, 4) is 5.75 Å². The van der Waals surface area contributed by atoms with Gasteiger partial charge in [-0.2, -0.15) is 0 Å². The second kappa shape index (κ2) is 6.06. The molecule has 0 aliphatic carbocycles. The highest BCUT2D eigenvalue weighted by Crippen LogP contribution is 2.33. The number of nitrogens with two attached hydrogens (primary N) is 1. The first-order valence-electron chi connectivity index (χ1n) is 6.39. The van der Waals surface area contributed by atoms with E-state index in [4.69, 9.17) is 15.2 Å². The summed E-state index contributed by atoms with van der Waals surface area (Å²) in [6, 6.07) is 7.07. The van der Waals surface area contributed by atoms with Crippen molar-refractivity contribution >= 4 is 5.97 Å². The maximum Gasteiger partial charge on any atom is 0.313 e. The molecule has 0 heterocycles. The first kappa shape index (κ1) is 15.5. The number of carbonyl (C=O) groups excluding carboxylic acids is 1. The second-order valence-electron chi connectivity index (χ2n) is 5.43. The molecule has 106 valence electrons. The van der Waals surface area contributed by atoms with E-state index in [1.165, 1.54) is 7.11 Å². The Morgan fingerprint density at radius 3 is 2.16 bits per heavy atom. The molecule has 0 bridgehead atoms. The minimum absolute atomic E-state index is 0.131. The highest BCUT2D eigenvalue weighted by molar-refractivity contribution is 5.77. The third-order valence-electron chi connectivity index (χ3n) is 3.10. The molecule has 1 aromatic rings. The quantitative estimate of drug-likeness (QED) is 0.831. The zero-order valence-corrected chi connectivity index (χ0v) is 12.3. The molecule has 0 unspecified atom stereocenters. The van der Waals surface area contributed by atoms with Gasteiger partial charge in [-0.15, -0.1) is 0 Å². The van der Waals surface area contributed by atoms with Crippen molar-refractivity contribution in [1.29, 1.82) is 0 Å². The lowest BCUT2D eigenvalue weighted by Gasteiger charge is -2.29. The molecule has 0 radical (unpaired) electrons. The topological polar surface area (TPSA) is 61.5 Å². The van der Waals surface area contributed by atoms with Crippen LogP contribution in [0.15, 0.2) is 24.3 Å². The fourth-order valence-electron chi connectivity index (χ4n) is 1.83. The molecular weight excluding hydrogens is 242 g/mol. The van der Waals surface area contributed by atoms with Crippen molar-refractivity contribution in [2.75, 3.05) is 7.11 Å². The molecule has 1 aromatic carbocycles. The van der Waals surface area contributed by atoms with Gasteiger partial charge in [-0.1, -0.05) is 12.1 Å². The highest BCUT2D eigenvalue weighted by Gasteiger charge is 2.36. The van der Waals surface area contributed by atoms with Crippen LogP contribution in [0.3, 0.4) is 0 Å². The van der Waals surface area contributed by atoms with E-state index in [-0.39, 0.29) is 12.1 Å². The maximum atomic E-state index is 11.7. The third-order valence-corrected chi connectivity index (χ3v) is 3.10. The zero-order chi connectivity index (χ0) is 14.6. The third kappa shape index (κ3) is 3.70. The van der Waals surface area contributed by atoms with Gasteiger partial charge in [0.2, 0.25) is 0 Å². The first-order chi connectivity index (χ1) is 8.78.